The lowest BCUT2D eigenvalue weighted by molar-refractivity contribution is -0.128. The van der Waals surface area contributed by atoms with Crippen molar-refractivity contribution in [2.45, 2.75) is 32.9 Å². The predicted molar refractivity (Wildman–Crippen MR) is 92.7 cm³/mol. The molecule has 1 fully saturated rings. The molecule has 1 atom stereocenters. The predicted octanol–water partition coefficient (Wildman–Crippen LogP) is 1.25. The van der Waals surface area contributed by atoms with Crippen LogP contribution in [0.25, 0.3) is 0 Å². The second-order valence-corrected chi connectivity index (χ2v) is 6.14. The molecule has 1 N–H and O–H groups in total. The Morgan fingerprint density at radius 3 is 2.75 bits per heavy atom. The molecular formula is C18H27N3O3. The maximum Gasteiger partial charge on any atom is 0.237 e. The Balaban J connectivity index is 1.86. The number of rotatable bonds is 5. The number of hydrogen-bond acceptors (Lipinski definition) is 4. The summed E-state index contributed by atoms with van der Waals surface area (Å²) in [5, 5.41) is 2.99. The van der Waals surface area contributed by atoms with Gasteiger partial charge in [0.1, 0.15) is 5.75 Å². The maximum atomic E-state index is 12.4. The largest absolute Gasteiger partial charge is 0.497 e. The number of nitrogens with one attached hydrogen (secondary N) is 1. The topological polar surface area (TPSA) is 61.9 Å². The molecule has 1 aliphatic heterocycles. The van der Waals surface area contributed by atoms with Gasteiger partial charge in [-0.2, -0.15) is 0 Å². The Kier molecular flexibility index (Phi) is 6.61. The van der Waals surface area contributed by atoms with Crippen LogP contribution in [0.5, 0.6) is 5.75 Å². The number of benzene rings is 1. The van der Waals surface area contributed by atoms with E-state index in [0.717, 1.165) is 37.4 Å². The molecule has 132 valence electrons. The fourth-order valence-corrected chi connectivity index (χ4v) is 2.92. The molecule has 1 saturated heterocycles. The van der Waals surface area contributed by atoms with Gasteiger partial charge >= 0.3 is 0 Å². The van der Waals surface area contributed by atoms with Crippen molar-refractivity contribution >= 4 is 11.8 Å². The zero-order chi connectivity index (χ0) is 17.5. The number of nitrogens with zero attached hydrogens (tertiary/aromatic N) is 2. The average Bonchev–Trinajstić information content (AvgIpc) is 2.85. The number of hydrogen-bond donors (Lipinski definition) is 1. The first-order chi connectivity index (χ1) is 11.5. The van der Waals surface area contributed by atoms with Crippen molar-refractivity contribution in [1.29, 1.82) is 0 Å². The van der Waals surface area contributed by atoms with Gasteiger partial charge in [-0.3, -0.25) is 14.5 Å². The minimum Gasteiger partial charge on any atom is -0.497 e. The van der Waals surface area contributed by atoms with Gasteiger partial charge in [-0.05, 0) is 31.0 Å². The average molecular weight is 333 g/mol. The van der Waals surface area contributed by atoms with Crippen LogP contribution in [0, 0.1) is 0 Å². The molecular weight excluding hydrogens is 306 g/mol. The van der Waals surface area contributed by atoms with E-state index in [4.69, 9.17) is 4.74 Å². The van der Waals surface area contributed by atoms with Gasteiger partial charge in [0.15, 0.2) is 0 Å². The van der Waals surface area contributed by atoms with Gasteiger partial charge in [0.05, 0.1) is 13.2 Å². The first-order valence-corrected chi connectivity index (χ1v) is 8.41. The highest BCUT2D eigenvalue weighted by molar-refractivity contribution is 5.81. The first-order valence-electron chi connectivity index (χ1n) is 8.41. The van der Waals surface area contributed by atoms with E-state index in [-0.39, 0.29) is 17.9 Å². The minimum absolute atomic E-state index is 0.00842. The Labute approximate surface area is 143 Å². The summed E-state index contributed by atoms with van der Waals surface area (Å²) in [6, 6.07) is 7.47. The smallest absolute Gasteiger partial charge is 0.237 e. The van der Waals surface area contributed by atoms with Gasteiger partial charge < -0.3 is 15.0 Å². The van der Waals surface area contributed by atoms with E-state index in [9.17, 15) is 9.59 Å². The summed E-state index contributed by atoms with van der Waals surface area (Å²) in [5.74, 6) is 0.896. The highest BCUT2D eigenvalue weighted by atomic mass is 16.5. The van der Waals surface area contributed by atoms with Crippen LogP contribution in [0.2, 0.25) is 0 Å². The van der Waals surface area contributed by atoms with Crippen molar-refractivity contribution in [3.05, 3.63) is 29.8 Å². The van der Waals surface area contributed by atoms with Crippen molar-refractivity contribution in [3.8, 4) is 5.75 Å². The molecule has 0 spiro atoms. The lowest BCUT2D eigenvalue weighted by atomic mass is 10.2. The normalized spacial score (nSPS) is 17.0. The van der Waals surface area contributed by atoms with Crippen LogP contribution in [-0.2, 0) is 16.1 Å². The van der Waals surface area contributed by atoms with E-state index < -0.39 is 0 Å². The molecule has 2 rings (SSSR count). The van der Waals surface area contributed by atoms with Crippen molar-refractivity contribution in [1.82, 2.24) is 15.1 Å². The molecule has 6 heteroatoms. The summed E-state index contributed by atoms with van der Waals surface area (Å²) in [6.07, 6.45) is 0.896. The van der Waals surface area contributed by atoms with E-state index in [1.54, 1.807) is 14.0 Å². The molecule has 1 aliphatic rings. The molecule has 1 aromatic carbocycles. The monoisotopic (exact) mass is 333 g/mol. The van der Waals surface area contributed by atoms with Gasteiger partial charge in [-0.25, -0.2) is 0 Å². The van der Waals surface area contributed by atoms with Gasteiger partial charge in [0.2, 0.25) is 11.8 Å². The van der Waals surface area contributed by atoms with Crippen LogP contribution in [0.1, 0.15) is 25.8 Å². The number of ether oxygens (including phenoxy) is 1. The second kappa shape index (κ2) is 8.68. The first kappa shape index (κ1) is 18.3. The molecule has 2 amide bonds. The summed E-state index contributed by atoms with van der Waals surface area (Å²) < 4.78 is 5.19. The van der Waals surface area contributed by atoms with E-state index >= 15 is 0 Å². The van der Waals surface area contributed by atoms with E-state index in [1.165, 1.54) is 0 Å². The number of carbonyl (C=O) groups excluding carboxylic acids is 2. The molecule has 0 aromatic heterocycles. The molecule has 1 unspecified atom stereocenters. The van der Waals surface area contributed by atoms with E-state index in [1.807, 2.05) is 36.1 Å². The van der Waals surface area contributed by atoms with Crippen molar-refractivity contribution in [2.75, 3.05) is 33.3 Å². The third kappa shape index (κ3) is 4.96. The van der Waals surface area contributed by atoms with Gasteiger partial charge in [-0.1, -0.05) is 12.1 Å². The quantitative estimate of drug-likeness (QED) is 0.881. The summed E-state index contributed by atoms with van der Waals surface area (Å²) in [7, 11) is 1.63. The van der Waals surface area contributed by atoms with Crippen molar-refractivity contribution < 1.29 is 14.3 Å². The van der Waals surface area contributed by atoms with Crippen molar-refractivity contribution in [3.63, 3.8) is 0 Å². The summed E-state index contributed by atoms with van der Waals surface area (Å²) >= 11 is 0. The van der Waals surface area contributed by atoms with Crippen LogP contribution < -0.4 is 10.1 Å². The van der Waals surface area contributed by atoms with E-state index in [2.05, 4.69) is 10.2 Å². The number of amides is 2. The summed E-state index contributed by atoms with van der Waals surface area (Å²) in [4.78, 5) is 27.9. The van der Waals surface area contributed by atoms with E-state index in [0.29, 0.717) is 13.1 Å². The minimum atomic E-state index is -0.206. The van der Waals surface area contributed by atoms with Crippen LogP contribution in [0.3, 0.4) is 0 Å². The molecule has 0 aliphatic carbocycles. The van der Waals surface area contributed by atoms with Crippen LogP contribution in [-0.4, -0.2) is 60.9 Å². The Bertz CT molecular complexity index is 576. The zero-order valence-corrected chi connectivity index (χ0v) is 14.7. The van der Waals surface area contributed by atoms with Gasteiger partial charge in [0, 0.05) is 39.6 Å². The van der Waals surface area contributed by atoms with Gasteiger partial charge in [-0.15, -0.1) is 0 Å². The summed E-state index contributed by atoms with van der Waals surface area (Å²) in [6.45, 7) is 7.01. The molecule has 24 heavy (non-hydrogen) atoms. The molecule has 6 nitrogen and oxygen atoms in total. The zero-order valence-electron chi connectivity index (χ0n) is 14.7. The van der Waals surface area contributed by atoms with Crippen LogP contribution in [0.15, 0.2) is 24.3 Å². The molecule has 0 saturated carbocycles. The third-order valence-corrected chi connectivity index (χ3v) is 4.50. The highest BCUT2D eigenvalue weighted by Crippen LogP contribution is 2.13. The van der Waals surface area contributed by atoms with Gasteiger partial charge in [0.25, 0.3) is 0 Å². The summed E-state index contributed by atoms with van der Waals surface area (Å²) in [5.41, 5.74) is 1.01. The Morgan fingerprint density at radius 2 is 2.04 bits per heavy atom. The number of methoxy groups -OCH3 is 1. The molecule has 0 radical (unpaired) electrons. The third-order valence-electron chi connectivity index (χ3n) is 4.50. The van der Waals surface area contributed by atoms with Crippen LogP contribution in [0.4, 0.5) is 0 Å². The van der Waals surface area contributed by atoms with Crippen LogP contribution >= 0.6 is 0 Å². The fraction of sp³-hybridized carbons (Fsp3) is 0.556. The highest BCUT2D eigenvalue weighted by Gasteiger charge is 2.24. The molecule has 1 aromatic rings. The maximum absolute atomic E-state index is 12.4. The Hall–Kier alpha value is -2.08. The standard InChI is InChI=1S/C18H27N3O3/c1-14(20-8-5-9-21(11-10-20)15(2)22)18(23)19-13-16-6-4-7-17(12-16)24-3/h4,6-7,12,14H,5,8-11,13H2,1-3H3,(H,19,23). The van der Waals surface area contributed by atoms with Crippen molar-refractivity contribution in [2.24, 2.45) is 0 Å². The Morgan fingerprint density at radius 1 is 1.25 bits per heavy atom. The lowest BCUT2D eigenvalue weighted by Gasteiger charge is -2.26. The number of carbonyl (C=O) groups is 2. The molecule has 1 heterocycles. The SMILES string of the molecule is COc1cccc(CNC(=O)C(C)N2CCCN(C(C)=O)CC2)c1. The molecule has 0 bridgehead atoms. The second-order valence-electron chi connectivity index (χ2n) is 6.14. The lowest BCUT2D eigenvalue weighted by Crippen LogP contribution is -2.46. The fourth-order valence-electron chi connectivity index (χ4n) is 2.92.